The predicted octanol–water partition coefficient (Wildman–Crippen LogP) is -0.645. The monoisotopic (exact) mass is 222 g/mol. The number of carbonyl (C=O) groups excluding carboxylic acids is 1. The van der Waals surface area contributed by atoms with Gasteiger partial charge in [0.2, 0.25) is 0 Å². The van der Waals surface area contributed by atoms with Crippen LogP contribution in [0, 0.1) is 0 Å². The minimum Gasteiger partial charge on any atom is -0.307 e. The highest BCUT2D eigenvalue weighted by Gasteiger charge is 1.72. The van der Waals surface area contributed by atoms with Crippen LogP contribution in [0.3, 0.4) is 0 Å². The minimum atomic E-state index is -0.0706. The average molecular weight is 222 g/mol. The fraction of sp³-hybridized carbons (Fsp3) is 0. The molecule has 0 aliphatic rings. The molecule has 7 nitrogen and oxygen atoms in total. The third-order valence-electron chi connectivity index (χ3n) is 1.18. The molecule has 0 bridgehead atoms. The second kappa shape index (κ2) is 9.00. The largest absolute Gasteiger partial charge is 0.307 e. The maximum Gasteiger partial charge on any atom is 0.200 e. The lowest BCUT2D eigenvalue weighted by Crippen LogP contribution is -1.96. The molecule has 0 atom stereocenters. The standard InChI is InChI=1S/2C4H4N2O.CH2O/c2*7-4-1-2-5-6-3-4;1-2/h2*1-3H,(H,5,7);1H2. The minimum absolute atomic E-state index is 0.0706. The van der Waals surface area contributed by atoms with Crippen LogP contribution in [0.15, 0.2) is 46.5 Å². The molecule has 0 radical (unpaired) electrons. The summed E-state index contributed by atoms with van der Waals surface area (Å²) in [5.74, 6) is 0. The van der Waals surface area contributed by atoms with Gasteiger partial charge in [0.25, 0.3) is 0 Å². The van der Waals surface area contributed by atoms with Crippen LogP contribution in [0.5, 0.6) is 0 Å². The van der Waals surface area contributed by atoms with E-state index in [1.807, 2.05) is 6.79 Å². The Morgan fingerprint density at radius 3 is 1.38 bits per heavy atom. The van der Waals surface area contributed by atoms with E-state index in [4.69, 9.17) is 4.79 Å². The van der Waals surface area contributed by atoms with Crippen molar-refractivity contribution in [2.75, 3.05) is 0 Å². The molecule has 2 aromatic rings. The number of carbonyl (C=O) groups is 1. The second-order valence-corrected chi connectivity index (χ2v) is 2.25. The zero-order valence-corrected chi connectivity index (χ0v) is 8.29. The normalized spacial score (nSPS) is 7.75. The van der Waals surface area contributed by atoms with Crippen molar-refractivity contribution in [3.63, 3.8) is 0 Å². The highest BCUT2D eigenvalue weighted by Crippen LogP contribution is 1.57. The van der Waals surface area contributed by atoms with Gasteiger partial charge in [0.1, 0.15) is 6.79 Å². The van der Waals surface area contributed by atoms with E-state index in [-0.39, 0.29) is 10.9 Å². The summed E-state index contributed by atoms with van der Waals surface area (Å²) in [7, 11) is 0. The van der Waals surface area contributed by atoms with Crippen LogP contribution in [0.2, 0.25) is 0 Å². The Labute approximate surface area is 90.2 Å². The van der Waals surface area contributed by atoms with E-state index in [2.05, 4.69) is 20.4 Å². The molecule has 2 aromatic heterocycles. The van der Waals surface area contributed by atoms with E-state index in [9.17, 15) is 9.59 Å². The first-order chi connectivity index (χ1) is 7.79. The molecule has 84 valence electrons. The maximum atomic E-state index is 10.2. The maximum absolute atomic E-state index is 10.2. The number of nitrogens with zero attached hydrogens (tertiary/aromatic N) is 2. The summed E-state index contributed by atoms with van der Waals surface area (Å²) in [4.78, 5) is 28.4. The van der Waals surface area contributed by atoms with Crippen molar-refractivity contribution >= 4 is 6.79 Å². The lowest BCUT2D eigenvalue weighted by Gasteiger charge is -1.73. The van der Waals surface area contributed by atoms with Gasteiger partial charge in [-0.1, -0.05) is 0 Å². The molecule has 0 amide bonds. The topological polar surface area (TPSA) is 109 Å². The Morgan fingerprint density at radius 2 is 1.25 bits per heavy atom. The summed E-state index contributed by atoms with van der Waals surface area (Å²) in [6.45, 7) is 2.00. The summed E-state index contributed by atoms with van der Waals surface area (Å²) < 4.78 is 0. The first-order valence-corrected chi connectivity index (χ1v) is 4.06. The molecule has 2 heterocycles. The van der Waals surface area contributed by atoms with Crippen molar-refractivity contribution in [3.05, 3.63) is 57.4 Å². The van der Waals surface area contributed by atoms with Gasteiger partial charge in [0.05, 0.1) is 12.4 Å². The van der Waals surface area contributed by atoms with Crippen molar-refractivity contribution < 1.29 is 4.79 Å². The number of H-pyrrole nitrogens is 2. The van der Waals surface area contributed by atoms with Crippen LogP contribution in [-0.2, 0) is 4.79 Å². The highest BCUT2D eigenvalue weighted by molar-refractivity contribution is 5.11. The summed E-state index contributed by atoms with van der Waals surface area (Å²) in [5, 5.41) is 11.9. The Hall–Kier alpha value is -2.57. The molecule has 2 N–H and O–H groups in total. The van der Waals surface area contributed by atoms with Gasteiger partial charge < -0.3 is 4.79 Å². The molecule has 0 saturated carbocycles. The number of rotatable bonds is 0. The molecule has 0 aliphatic heterocycles. The van der Waals surface area contributed by atoms with Crippen LogP contribution >= 0.6 is 0 Å². The Kier molecular flexibility index (Phi) is 7.56. The van der Waals surface area contributed by atoms with E-state index in [1.165, 1.54) is 36.9 Å². The van der Waals surface area contributed by atoms with Crippen molar-refractivity contribution in [2.45, 2.75) is 0 Å². The van der Waals surface area contributed by atoms with Gasteiger partial charge in [-0.3, -0.25) is 19.8 Å². The zero-order chi connectivity index (χ0) is 12.2. The molecule has 0 aliphatic carbocycles. The Morgan fingerprint density at radius 1 is 0.875 bits per heavy atom. The van der Waals surface area contributed by atoms with Crippen LogP contribution < -0.4 is 10.9 Å². The fourth-order valence-corrected chi connectivity index (χ4v) is 0.613. The Bertz CT molecular complexity index is 414. The lowest BCUT2D eigenvalue weighted by molar-refractivity contribution is -0.0979. The SMILES string of the molecule is C=O.O=c1cc[nH]nc1.O=c1cc[nH]nc1. The molecule has 0 spiro atoms. The summed E-state index contributed by atoms with van der Waals surface area (Å²) in [6.07, 6.45) is 5.42. The van der Waals surface area contributed by atoms with Gasteiger partial charge in [-0.15, -0.1) is 0 Å². The lowest BCUT2D eigenvalue weighted by atomic mass is 10.6. The zero-order valence-electron chi connectivity index (χ0n) is 8.29. The van der Waals surface area contributed by atoms with Crippen molar-refractivity contribution in [1.29, 1.82) is 0 Å². The van der Waals surface area contributed by atoms with Crippen molar-refractivity contribution in [2.24, 2.45) is 0 Å². The van der Waals surface area contributed by atoms with E-state index in [0.29, 0.717) is 0 Å². The Balaban J connectivity index is 0.000000244. The third kappa shape index (κ3) is 6.89. The molecule has 16 heavy (non-hydrogen) atoms. The van der Waals surface area contributed by atoms with E-state index in [0.717, 1.165) is 0 Å². The third-order valence-corrected chi connectivity index (χ3v) is 1.18. The second-order valence-electron chi connectivity index (χ2n) is 2.25. The first-order valence-electron chi connectivity index (χ1n) is 4.06. The van der Waals surface area contributed by atoms with Gasteiger partial charge in [0, 0.05) is 24.5 Å². The number of aromatic amines is 2. The quantitative estimate of drug-likeness (QED) is 0.616. The van der Waals surface area contributed by atoms with Gasteiger partial charge >= 0.3 is 0 Å². The molecule has 2 rings (SSSR count). The fourth-order valence-electron chi connectivity index (χ4n) is 0.613. The van der Waals surface area contributed by atoms with Crippen LogP contribution in [0.4, 0.5) is 0 Å². The first kappa shape index (κ1) is 13.4. The van der Waals surface area contributed by atoms with Crippen molar-refractivity contribution in [3.8, 4) is 0 Å². The van der Waals surface area contributed by atoms with Gasteiger partial charge in [-0.05, 0) is 0 Å². The van der Waals surface area contributed by atoms with E-state index in [1.54, 1.807) is 0 Å². The summed E-state index contributed by atoms with van der Waals surface area (Å²) >= 11 is 0. The highest BCUT2D eigenvalue weighted by atomic mass is 16.1. The molecular weight excluding hydrogens is 212 g/mol. The molecular formula is C9H10N4O3. The van der Waals surface area contributed by atoms with Crippen LogP contribution in [0.1, 0.15) is 0 Å². The molecule has 0 fully saturated rings. The molecule has 0 aromatic carbocycles. The van der Waals surface area contributed by atoms with Gasteiger partial charge in [-0.25, -0.2) is 0 Å². The molecule has 7 heteroatoms. The van der Waals surface area contributed by atoms with E-state index < -0.39 is 0 Å². The summed E-state index contributed by atoms with van der Waals surface area (Å²) in [6, 6.07) is 2.82. The van der Waals surface area contributed by atoms with Crippen LogP contribution in [0.25, 0.3) is 0 Å². The summed E-state index contributed by atoms with van der Waals surface area (Å²) in [5.41, 5.74) is -0.141. The number of hydrogen-bond acceptors (Lipinski definition) is 5. The van der Waals surface area contributed by atoms with Crippen LogP contribution in [-0.4, -0.2) is 27.2 Å². The van der Waals surface area contributed by atoms with E-state index >= 15 is 0 Å². The molecule has 0 saturated heterocycles. The van der Waals surface area contributed by atoms with Gasteiger partial charge in [0.15, 0.2) is 10.9 Å². The number of hydrogen-bond donors (Lipinski definition) is 2. The van der Waals surface area contributed by atoms with Crippen molar-refractivity contribution in [1.82, 2.24) is 20.4 Å². The van der Waals surface area contributed by atoms with Gasteiger partial charge in [-0.2, -0.15) is 10.2 Å². The smallest absolute Gasteiger partial charge is 0.200 e. The molecule has 0 unspecified atom stereocenters. The number of aromatic nitrogens is 4. The predicted molar refractivity (Wildman–Crippen MR) is 56.8 cm³/mol. The number of nitrogens with one attached hydrogen (secondary N) is 2. The average Bonchev–Trinajstić information content (AvgIpc) is 2.34.